The zero-order valence-electron chi connectivity index (χ0n) is 6.94. The van der Waals surface area contributed by atoms with Crippen LogP contribution in [0.1, 0.15) is 39.5 Å². The van der Waals surface area contributed by atoms with Gasteiger partial charge in [-0.05, 0) is 18.3 Å². The molecule has 0 aromatic heterocycles. The van der Waals surface area contributed by atoms with E-state index < -0.39 is 0 Å². The Morgan fingerprint density at radius 1 is 1.30 bits per heavy atom. The number of alkyl halides is 1. The van der Waals surface area contributed by atoms with Crippen molar-refractivity contribution in [2.45, 2.75) is 44.4 Å². The minimum Gasteiger partial charge on any atom is -0.0891 e. The summed E-state index contributed by atoms with van der Waals surface area (Å²) in [7, 11) is 0. The molecule has 0 bridgehead atoms. The Bertz CT molecular complexity index is 98.9. The quantitative estimate of drug-likeness (QED) is 0.574. The minimum absolute atomic E-state index is 0.725. The zero-order valence-corrected chi connectivity index (χ0v) is 8.52. The summed E-state index contributed by atoms with van der Waals surface area (Å²) in [5.41, 5.74) is 0. The molecule has 0 radical (unpaired) electrons. The first kappa shape index (κ1) is 8.58. The van der Waals surface area contributed by atoms with Gasteiger partial charge in [0.2, 0.25) is 0 Å². The lowest BCUT2D eigenvalue weighted by Crippen LogP contribution is -2.23. The first-order chi connectivity index (χ1) is 4.72. The third kappa shape index (κ3) is 1.98. The minimum atomic E-state index is 0.725. The van der Waals surface area contributed by atoms with Gasteiger partial charge in [-0.25, -0.2) is 0 Å². The maximum absolute atomic E-state index is 3.68. The Morgan fingerprint density at radius 3 is 2.30 bits per heavy atom. The summed E-state index contributed by atoms with van der Waals surface area (Å²) in [6.07, 6.45) is 5.79. The van der Waals surface area contributed by atoms with Gasteiger partial charge in [-0.3, -0.25) is 0 Å². The summed E-state index contributed by atoms with van der Waals surface area (Å²) in [5.74, 6) is 1.89. The molecule has 0 aromatic carbocycles. The average molecular weight is 205 g/mol. The Hall–Kier alpha value is 0.480. The van der Waals surface area contributed by atoms with Gasteiger partial charge in [0.1, 0.15) is 0 Å². The fourth-order valence-corrected chi connectivity index (χ4v) is 2.81. The first-order valence-corrected chi connectivity index (χ1v) is 5.27. The van der Waals surface area contributed by atoms with Gasteiger partial charge in [0.25, 0.3) is 0 Å². The van der Waals surface area contributed by atoms with Crippen molar-refractivity contribution in [1.29, 1.82) is 0 Å². The molecule has 0 N–H and O–H groups in total. The molecular formula is C9H17Br. The topological polar surface area (TPSA) is 0 Å². The number of rotatable bonds is 1. The highest BCUT2D eigenvalue weighted by molar-refractivity contribution is 9.09. The molecule has 1 fully saturated rings. The summed E-state index contributed by atoms with van der Waals surface area (Å²) in [6, 6.07) is 0. The molecule has 0 nitrogen and oxygen atoms in total. The van der Waals surface area contributed by atoms with E-state index in [0.717, 1.165) is 16.7 Å². The van der Waals surface area contributed by atoms with Gasteiger partial charge >= 0.3 is 0 Å². The van der Waals surface area contributed by atoms with E-state index in [9.17, 15) is 0 Å². The lowest BCUT2D eigenvalue weighted by molar-refractivity contribution is 0.258. The summed E-state index contributed by atoms with van der Waals surface area (Å²) < 4.78 is 0. The van der Waals surface area contributed by atoms with E-state index in [4.69, 9.17) is 0 Å². The van der Waals surface area contributed by atoms with Crippen molar-refractivity contribution in [3.05, 3.63) is 0 Å². The van der Waals surface area contributed by atoms with Crippen molar-refractivity contribution in [2.24, 2.45) is 11.8 Å². The Kier molecular flexibility index (Phi) is 3.22. The molecule has 10 heavy (non-hydrogen) atoms. The van der Waals surface area contributed by atoms with Crippen LogP contribution < -0.4 is 0 Å². The van der Waals surface area contributed by atoms with Crippen molar-refractivity contribution in [3.63, 3.8) is 0 Å². The van der Waals surface area contributed by atoms with E-state index in [1.807, 2.05) is 0 Å². The van der Waals surface area contributed by atoms with E-state index in [0.29, 0.717) is 0 Å². The van der Waals surface area contributed by atoms with Gasteiger partial charge in [-0.1, -0.05) is 49.0 Å². The third-order valence-electron chi connectivity index (χ3n) is 2.77. The molecule has 3 unspecified atom stereocenters. The van der Waals surface area contributed by atoms with Gasteiger partial charge in [-0.15, -0.1) is 0 Å². The summed E-state index contributed by atoms with van der Waals surface area (Å²) in [4.78, 5) is 0.725. The van der Waals surface area contributed by atoms with Gasteiger partial charge < -0.3 is 0 Å². The van der Waals surface area contributed by atoms with Crippen LogP contribution in [0.3, 0.4) is 0 Å². The molecule has 1 rings (SSSR count). The Morgan fingerprint density at radius 2 is 1.90 bits per heavy atom. The molecule has 0 saturated heterocycles. The van der Waals surface area contributed by atoms with E-state index in [2.05, 4.69) is 29.8 Å². The second-order valence-electron chi connectivity index (χ2n) is 3.60. The summed E-state index contributed by atoms with van der Waals surface area (Å²) in [6.45, 7) is 4.67. The SMILES string of the molecule is CC(Br)C1CCCCC1C. The molecule has 1 heteroatoms. The molecule has 0 aliphatic heterocycles. The van der Waals surface area contributed by atoms with E-state index >= 15 is 0 Å². The number of hydrogen-bond donors (Lipinski definition) is 0. The monoisotopic (exact) mass is 204 g/mol. The van der Waals surface area contributed by atoms with Gasteiger partial charge in [0.15, 0.2) is 0 Å². The second kappa shape index (κ2) is 3.75. The van der Waals surface area contributed by atoms with Crippen LogP contribution in [-0.2, 0) is 0 Å². The molecule has 1 saturated carbocycles. The maximum Gasteiger partial charge on any atom is 0.0148 e. The highest BCUT2D eigenvalue weighted by atomic mass is 79.9. The van der Waals surface area contributed by atoms with Crippen molar-refractivity contribution in [1.82, 2.24) is 0 Å². The van der Waals surface area contributed by atoms with Crippen LogP contribution in [-0.4, -0.2) is 4.83 Å². The van der Waals surface area contributed by atoms with Crippen molar-refractivity contribution in [3.8, 4) is 0 Å². The van der Waals surface area contributed by atoms with Crippen LogP contribution in [0.15, 0.2) is 0 Å². The van der Waals surface area contributed by atoms with Crippen LogP contribution in [0.25, 0.3) is 0 Å². The highest BCUT2D eigenvalue weighted by Gasteiger charge is 2.24. The van der Waals surface area contributed by atoms with Crippen LogP contribution in [0, 0.1) is 11.8 Å². The largest absolute Gasteiger partial charge is 0.0891 e. The average Bonchev–Trinajstić information content (AvgIpc) is 1.88. The predicted molar refractivity (Wildman–Crippen MR) is 49.5 cm³/mol. The summed E-state index contributed by atoms with van der Waals surface area (Å²) in [5, 5.41) is 0. The Balaban J connectivity index is 2.40. The predicted octanol–water partition coefficient (Wildman–Crippen LogP) is 3.60. The van der Waals surface area contributed by atoms with Gasteiger partial charge in [0, 0.05) is 4.83 Å². The van der Waals surface area contributed by atoms with E-state index in [-0.39, 0.29) is 0 Å². The molecule has 3 atom stereocenters. The molecule has 0 amide bonds. The fraction of sp³-hybridized carbons (Fsp3) is 1.00. The Labute approximate surface area is 72.5 Å². The fourth-order valence-electron chi connectivity index (χ4n) is 2.03. The molecule has 0 aromatic rings. The zero-order chi connectivity index (χ0) is 7.56. The molecule has 60 valence electrons. The van der Waals surface area contributed by atoms with Crippen LogP contribution in [0.5, 0.6) is 0 Å². The van der Waals surface area contributed by atoms with E-state index in [1.165, 1.54) is 25.7 Å². The standard InChI is InChI=1S/C9H17Br/c1-7-5-3-4-6-9(7)8(2)10/h7-9H,3-6H2,1-2H3. The number of halogens is 1. The van der Waals surface area contributed by atoms with Gasteiger partial charge in [-0.2, -0.15) is 0 Å². The smallest absolute Gasteiger partial charge is 0.0148 e. The molecule has 1 aliphatic rings. The van der Waals surface area contributed by atoms with Crippen molar-refractivity contribution >= 4 is 15.9 Å². The maximum atomic E-state index is 3.68. The van der Waals surface area contributed by atoms with Gasteiger partial charge in [0.05, 0.1) is 0 Å². The van der Waals surface area contributed by atoms with Crippen molar-refractivity contribution < 1.29 is 0 Å². The van der Waals surface area contributed by atoms with E-state index in [1.54, 1.807) is 0 Å². The first-order valence-electron chi connectivity index (χ1n) is 4.36. The summed E-state index contributed by atoms with van der Waals surface area (Å²) >= 11 is 3.68. The van der Waals surface area contributed by atoms with Crippen molar-refractivity contribution in [2.75, 3.05) is 0 Å². The molecule has 0 heterocycles. The third-order valence-corrected chi connectivity index (χ3v) is 3.45. The number of hydrogen-bond acceptors (Lipinski definition) is 0. The van der Waals surface area contributed by atoms with Crippen LogP contribution >= 0.6 is 15.9 Å². The lowest BCUT2D eigenvalue weighted by atomic mass is 9.79. The highest BCUT2D eigenvalue weighted by Crippen LogP contribution is 2.34. The van der Waals surface area contributed by atoms with Crippen LogP contribution in [0.4, 0.5) is 0 Å². The lowest BCUT2D eigenvalue weighted by Gasteiger charge is -2.30. The molecule has 1 aliphatic carbocycles. The molecular weight excluding hydrogens is 188 g/mol. The normalized spacial score (nSPS) is 37.5. The second-order valence-corrected chi connectivity index (χ2v) is 5.05. The molecule has 0 spiro atoms. The van der Waals surface area contributed by atoms with Crippen LogP contribution in [0.2, 0.25) is 0 Å².